The van der Waals surface area contributed by atoms with Crippen LogP contribution in [-0.2, 0) is 4.74 Å². The first-order valence-electron chi connectivity index (χ1n) is 6.13. The zero-order valence-electron chi connectivity index (χ0n) is 11.5. The third kappa shape index (κ3) is 3.48. The van der Waals surface area contributed by atoms with E-state index in [0.717, 1.165) is 12.1 Å². The Morgan fingerprint density at radius 3 is 2.21 bits per heavy atom. The fourth-order valence-electron chi connectivity index (χ4n) is 1.93. The number of halogens is 3. The Bertz CT molecular complexity index is 441. The molecular weight excluding hydrogens is 257 g/mol. The molecule has 1 rings (SSSR count). The van der Waals surface area contributed by atoms with Crippen LogP contribution in [0.1, 0.15) is 39.4 Å². The van der Waals surface area contributed by atoms with Gasteiger partial charge in [-0.3, -0.25) is 0 Å². The zero-order valence-corrected chi connectivity index (χ0v) is 11.5. The van der Waals surface area contributed by atoms with E-state index in [1.54, 1.807) is 6.92 Å². The maximum atomic E-state index is 13.7. The van der Waals surface area contributed by atoms with Gasteiger partial charge >= 0.3 is 0 Å². The molecule has 2 atom stereocenters. The van der Waals surface area contributed by atoms with Crippen LogP contribution >= 0.6 is 0 Å². The second kappa shape index (κ2) is 5.92. The van der Waals surface area contributed by atoms with Crippen LogP contribution in [0.4, 0.5) is 13.2 Å². The summed E-state index contributed by atoms with van der Waals surface area (Å²) >= 11 is 0. The number of hydrogen-bond acceptors (Lipinski definition) is 2. The van der Waals surface area contributed by atoms with Crippen LogP contribution in [0.3, 0.4) is 0 Å². The van der Waals surface area contributed by atoms with Crippen LogP contribution in [0.2, 0.25) is 0 Å². The van der Waals surface area contributed by atoms with E-state index < -0.39 is 35.1 Å². The van der Waals surface area contributed by atoms with Crippen molar-refractivity contribution in [1.29, 1.82) is 0 Å². The number of hydrogen-bond donors (Lipinski definition) is 1. The highest BCUT2D eigenvalue weighted by atomic mass is 19.2. The predicted molar refractivity (Wildman–Crippen MR) is 66.1 cm³/mol. The molecule has 0 heterocycles. The van der Waals surface area contributed by atoms with Gasteiger partial charge in [-0.1, -0.05) is 26.8 Å². The SMILES string of the molecule is CCOC(C(O)c1ccc(F)c(F)c1F)C(C)(C)C. The van der Waals surface area contributed by atoms with Gasteiger partial charge in [0, 0.05) is 12.2 Å². The van der Waals surface area contributed by atoms with Gasteiger partial charge in [-0.15, -0.1) is 0 Å². The summed E-state index contributed by atoms with van der Waals surface area (Å²) in [7, 11) is 0. The molecule has 0 aromatic heterocycles. The van der Waals surface area contributed by atoms with Crippen molar-refractivity contribution in [2.24, 2.45) is 5.41 Å². The molecule has 108 valence electrons. The van der Waals surface area contributed by atoms with Crippen LogP contribution in [-0.4, -0.2) is 17.8 Å². The highest BCUT2D eigenvalue weighted by molar-refractivity contribution is 5.23. The van der Waals surface area contributed by atoms with Gasteiger partial charge in [0.25, 0.3) is 0 Å². The smallest absolute Gasteiger partial charge is 0.194 e. The molecule has 1 N–H and O–H groups in total. The molecular formula is C14H19F3O2. The van der Waals surface area contributed by atoms with Crippen LogP contribution < -0.4 is 0 Å². The number of aliphatic hydroxyl groups excluding tert-OH is 1. The summed E-state index contributed by atoms with van der Waals surface area (Å²) in [6, 6.07) is 1.83. The summed E-state index contributed by atoms with van der Waals surface area (Å²) in [5, 5.41) is 10.2. The molecule has 0 amide bonds. The molecule has 0 bridgehead atoms. The standard InChI is InChI=1S/C14H19F3O2/c1-5-19-13(14(2,3)4)12(18)8-6-7-9(15)11(17)10(8)16/h6-7,12-13,18H,5H2,1-4H3. The maximum absolute atomic E-state index is 13.7. The van der Waals surface area contributed by atoms with Crippen LogP contribution in [0, 0.1) is 22.9 Å². The first-order valence-corrected chi connectivity index (χ1v) is 6.13. The van der Waals surface area contributed by atoms with Gasteiger partial charge in [0.1, 0.15) is 6.10 Å². The summed E-state index contributed by atoms with van der Waals surface area (Å²) in [5.41, 5.74) is -0.778. The van der Waals surface area contributed by atoms with Crippen molar-refractivity contribution < 1.29 is 23.0 Å². The van der Waals surface area contributed by atoms with E-state index in [9.17, 15) is 18.3 Å². The highest BCUT2D eigenvalue weighted by Crippen LogP contribution is 2.34. The van der Waals surface area contributed by atoms with Gasteiger partial charge in [0.15, 0.2) is 17.5 Å². The summed E-state index contributed by atoms with van der Waals surface area (Å²) in [6.45, 7) is 7.51. The van der Waals surface area contributed by atoms with Crippen molar-refractivity contribution in [2.75, 3.05) is 6.61 Å². The molecule has 0 saturated carbocycles. The van der Waals surface area contributed by atoms with Gasteiger partial charge in [-0.25, -0.2) is 13.2 Å². The number of benzene rings is 1. The normalized spacial score (nSPS) is 15.4. The zero-order chi connectivity index (χ0) is 14.8. The van der Waals surface area contributed by atoms with Gasteiger partial charge in [0.05, 0.1) is 6.10 Å². The Hall–Kier alpha value is -1.07. The summed E-state index contributed by atoms with van der Waals surface area (Å²) < 4.78 is 45.2. The second-order valence-electron chi connectivity index (χ2n) is 5.45. The molecule has 19 heavy (non-hydrogen) atoms. The average Bonchev–Trinajstić information content (AvgIpc) is 2.31. The van der Waals surface area contributed by atoms with E-state index in [2.05, 4.69) is 0 Å². The minimum atomic E-state index is -1.58. The summed E-state index contributed by atoms with van der Waals surface area (Å²) in [6.07, 6.45) is -2.09. The van der Waals surface area contributed by atoms with E-state index in [0.29, 0.717) is 6.61 Å². The lowest BCUT2D eigenvalue weighted by molar-refractivity contribution is -0.0910. The highest BCUT2D eigenvalue weighted by Gasteiger charge is 2.35. The molecule has 2 nitrogen and oxygen atoms in total. The van der Waals surface area contributed by atoms with E-state index in [1.807, 2.05) is 20.8 Å². The fourth-order valence-corrected chi connectivity index (χ4v) is 1.93. The maximum Gasteiger partial charge on any atom is 0.194 e. The van der Waals surface area contributed by atoms with Crippen molar-refractivity contribution in [3.8, 4) is 0 Å². The molecule has 0 spiro atoms. The summed E-state index contributed by atoms with van der Waals surface area (Å²) in [4.78, 5) is 0. The van der Waals surface area contributed by atoms with Crippen LogP contribution in [0.5, 0.6) is 0 Å². The number of aliphatic hydroxyl groups is 1. The van der Waals surface area contributed by atoms with Crippen LogP contribution in [0.15, 0.2) is 12.1 Å². The molecule has 1 aromatic carbocycles. The molecule has 2 unspecified atom stereocenters. The fraction of sp³-hybridized carbons (Fsp3) is 0.571. The Kier molecular flexibility index (Phi) is 4.98. The van der Waals surface area contributed by atoms with Crippen molar-refractivity contribution in [3.05, 3.63) is 35.1 Å². The summed E-state index contributed by atoms with van der Waals surface area (Å²) in [5.74, 6) is -4.24. The third-order valence-electron chi connectivity index (χ3n) is 2.87. The molecule has 1 aromatic rings. The van der Waals surface area contributed by atoms with Crippen LogP contribution in [0.25, 0.3) is 0 Å². The quantitative estimate of drug-likeness (QED) is 0.852. The molecule has 0 saturated heterocycles. The number of rotatable bonds is 4. The van der Waals surface area contributed by atoms with E-state index in [1.165, 1.54) is 0 Å². The van der Waals surface area contributed by atoms with Crippen molar-refractivity contribution in [2.45, 2.75) is 39.9 Å². The Balaban J connectivity index is 3.17. The molecule has 5 heteroatoms. The first kappa shape index (κ1) is 16.0. The molecule has 0 radical (unpaired) electrons. The van der Waals surface area contributed by atoms with Crippen molar-refractivity contribution in [3.63, 3.8) is 0 Å². The van der Waals surface area contributed by atoms with Gasteiger partial charge in [-0.05, 0) is 18.4 Å². The van der Waals surface area contributed by atoms with Gasteiger partial charge in [-0.2, -0.15) is 0 Å². The van der Waals surface area contributed by atoms with E-state index >= 15 is 0 Å². The van der Waals surface area contributed by atoms with Crippen molar-refractivity contribution in [1.82, 2.24) is 0 Å². The van der Waals surface area contributed by atoms with Gasteiger partial charge in [0.2, 0.25) is 0 Å². The Morgan fingerprint density at radius 2 is 1.74 bits per heavy atom. The Morgan fingerprint density at radius 1 is 1.16 bits per heavy atom. The minimum absolute atomic E-state index is 0.299. The van der Waals surface area contributed by atoms with E-state index in [-0.39, 0.29) is 5.56 Å². The molecule has 0 aliphatic heterocycles. The monoisotopic (exact) mass is 276 g/mol. The average molecular weight is 276 g/mol. The Labute approximate surface area is 111 Å². The molecule has 0 fully saturated rings. The predicted octanol–water partition coefficient (Wildman–Crippen LogP) is 3.59. The third-order valence-corrected chi connectivity index (χ3v) is 2.87. The minimum Gasteiger partial charge on any atom is -0.386 e. The molecule has 0 aliphatic rings. The lowest BCUT2D eigenvalue weighted by atomic mass is 9.83. The van der Waals surface area contributed by atoms with Crippen molar-refractivity contribution >= 4 is 0 Å². The first-order chi connectivity index (χ1) is 8.70. The number of ether oxygens (including phenoxy) is 1. The second-order valence-corrected chi connectivity index (χ2v) is 5.45. The van der Waals surface area contributed by atoms with Gasteiger partial charge < -0.3 is 9.84 Å². The topological polar surface area (TPSA) is 29.5 Å². The lowest BCUT2D eigenvalue weighted by Gasteiger charge is -2.34. The molecule has 0 aliphatic carbocycles. The van der Waals surface area contributed by atoms with E-state index in [4.69, 9.17) is 4.74 Å². The largest absolute Gasteiger partial charge is 0.386 e. The lowest BCUT2D eigenvalue weighted by Crippen LogP contribution is -2.36.